The van der Waals surface area contributed by atoms with Crippen LogP contribution in [0.4, 0.5) is 5.88 Å². The van der Waals surface area contributed by atoms with Crippen molar-refractivity contribution < 1.29 is 50.3 Å². The van der Waals surface area contributed by atoms with Crippen molar-refractivity contribution in [3.63, 3.8) is 0 Å². The first-order valence-corrected chi connectivity index (χ1v) is 18.3. The zero-order chi connectivity index (χ0) is 33.6. The second-order valence-corrected chi connectivity index (χ2v) is 15.6. The molecule has 1 aliphatic carbocycles. The van der Waals surface area contributed by atoms with Crippen LogP contribution >= 0.6 is 0 Å². The minimum Gasteiger partial charge on any atom is -0.461 e. The summed E-state index contributed by atoms with van der Waals surface area (Å²) in [6.07, 6.45) is 8.28. The maximum absolute atomic E-state index is 13.6. The molecule has 248 valence electrons. The number of sulfone groups is 2. The van der Waals surface area contributed by atoms with Gasteiger partial charge in [-0.2, -0.15) is 0 Å². The summed E-state index contributed by atoms with van der Waals surface area (Å²) in [6, 6.07) is 9.05. The van der Waals surface area contributed by atoms with E-state index in [2.05, 4.69) is 0 Å². The number of ether oxygens (including phenoxy) is 2. The number of carbonyl (C=O) groups excluding carboxylic acids is 2. The third-order valence-electron chi connectivity index (χ3n) is 7.17. The SMILES string of the molecule is CS(=O)(=O)CCOC(=O)C1=CC(c2ccc(CO)cc2)=CC(C2CC2)N(Cc2ccc([N+](=O)[O-])o2)C=C1C(=O)OCCS(C)(=O)=O. The van der Waals surface area contributed by atoms with Crippen LogP contribution < -0.4 is 0 Å². The molecule has 4 rings (SSSR count). The molecule has 0 bridgehead atoms. The number of nitro groups is 1. The highest BCUT2D eigenvalue weighted by molar-refractivity contribution is 7.90. The van der Waals surface area contributed by atoms with E-state index in [1.165, 1.54) is 24.4 Å². The number of benzene rings is 1. The van der Waals surface area contributed by atoms with Crippen LogP contribution in [0, 0.1) is 16.0 Å². The number of carbonyl (C=O) groups is 2. The van der Waals surface area contributed by atoms with E-state index in [4.69, 9.17) is 13.9 Å². The molecule has 1 saturated carbocycles. The molecule has 1 fully saturated rings. The molecular weight excluding hydrogens is 644 g/mol. The number of aliphatic hydroxyl groups is 1. The molecule has 14 nitrogen and oxygen atoms in total. The Hall–Kier alpha value is -4.28. The standard InChI is InChI=1S/C30H34N2O12S2/c1-45(38,39)13-11-42-29(34)25-15-23(21-5-3-20(19-33)4-6-21)16-27(22-7-8-22)31(17-24-9-10-28(44-24)32(36)37)18-26(25)30(35)43-12-14-46(2,40)41/h3-6,9-10,15-16,18,22,27,33H,7-8,11-14,17,19H2,1-2H3. The fourth-order valence-electron chi connectivity index (χ4n) is 4.65. The summed E-state index contributed by atoms with van der Waals surface area (Å²) in [5.74, 6) is -3.21. The lowest BCUT2D eigenvalue weighted by molar-refractivity contribution is -0.402. The molecule has 0 spiro atoms. The number of aliphatic hydroxyl groups excluding tert-OH is 1. The molecule has 0 radical (unpaired) electrons. The van der Waals surface area contributed by atoms with Crippen LogP contribution in [0.25, 0.3) is 5.57 Å². The second kappa shape index (κ2) is 14.4. The Morgan fingerprint density at radius 1 is 0.957 bits per heavy atom. The normalized spacial score (nSPS) is 17.2. The Morgan fingerprint density at radius 3 is 2.04 bits per heavy atom. The molecule has 1 aromatic heterocycles. The third kappa shape index (κ3) is 9.86. The summed E-state index contributed by atoms with van der Waals surface area (Å²) in [6.45, 7) is -1.26. The predicted molar refractivity (Wildman–Crippen MR) is 165 cm³/mol. The van der Waals surface area contributed by atoms with Crippen LogP contribution in [0.3, 0.4) is 0 Å². The average Bonchev–Trinajstić information content (AvgIpc) is 3.69. The van der Waals surface area contributed by atoms with Gasteiger partial charge in [0.25, 0.3) is 0 Å². The van der Waals surface area contributed by atoms with Gasteiger partial charge in [0.2, 0.25) is 0 Å². The van der Waals surface area contributed by atoms with Gasteiger partial charge in [0.15, 0.2) is 19.7 Å². The molecule has 1 unspecified atom stereocenters. The zero-order valence-corrected chi connectivity index (χ0v) is 26.8. The van der Waals surface area contributed by atoms with Crippen LogP contribution in [0.2, 0.25) is 0 Å². The number of hydrogen-bond donors (Lipinski definition) is 1. The van der Waals surface area contributed by atoms with E-state index in [0.29, 0.717) is 16.7 Å². The van der Waals surface area contributed by atoms with E-state index >= 15 is 0 Å². The molecule has 1 atom stereocenters. The molecule has 2 aliphatic rings. The van der Waals surface area contributed by atoms with Crippen LogP contribution in [-0.4, -0.2) is 87.0 Å². The van der Waals surface area contributed by atoms with Crippen LogP contribution in [0.15, 0.2) is 70.3 Å². The first kappa shape index (κ1) is 34.6. The van der Waals surface area contributed by atoms with Crippen LogP contribution in [0.1, 0.15) is 29.7 Å². The van der Waals surface area contributed by atoms with Gasteiger partial charge in [-0.05, 0) is 47.6 Å². The number of furan rings is 1. The first-order valence-electron chi connectivity index (χ1n) is 14.2. The lowest BCUT2D eigenvalue weighted by Crippen LogP contribution is -2.33. The highest BCUT2D eigenvalue weighted by atomic mass is 32.2. The minimum atomic E-state index is -3.50. The van der Waals surface area contributed by atoms with E-state index < -0.39 is 73.2 Å². The summed E-state index contributed by atoms with van der Waals surface area (Å²) >= 11 is 0. The topological polar surface area (TPSA) is 201 Å². The Bertz CT molecular complexity index is 1780. The smallest absolute Gasteiger partial charge is 0.433 e. The fraction of sp³-hybridized carbons (Fsp3) is 0.400. The van der Waals surface area contributed by atoms with Gasteiger partial charge in [0, 0.05) is 18.7 Å². The van der Waals surface area contributed by atoms with Gasteiger partial charge in [0.05, 0.1) is 47.9 Å². The average molecular weight is 679 g/mol. The van der Waals surface area contributed by atoms with Crippen molar-refractivity contribution in [1.29, 1.82) is 0 Å². The lowest BCUT2D eigenvalue weighted by atomic mass is 9.93. The number of esters is 2. The Morgan fingerprint density at radius 2 is 1.54 bits per heavy atom. The summed E-state index contributed by atoms with van der Waals surface area (Å²) in [4.78, 5) is 39.4. The highest BCUT2D eigenvalue weighted by Gasteiger charge is 2.37. The molecule has 0 amide bonds. The maximum atomic E-state index is 13.6. The van der Waals surface area contributed by atoms with Gasteiger partial charge in [-0.1, -0.05) is 30.3 Å². The molecule has 1 aliphatic heterocycles. The van der Waals surface area contributed by atoms with Crippen molar-refractivity contribution in [2.75, 3.05) is 37.2 Å². The van der Waals surface area contributed by atoms with E-state index in [9.17, 15) is 41.6 Å². The monoisotopic (exact) mass is 678 g/mol. The van der Waals surface area contributed by atoms with E-state index in [0.717, 1.165) is 25.4 Å². The Kier molecular flexibility index (Phi) is 10.9. The molecule has 2 aromatic rings. The van der Waals surface area contributed by atoms with Gasteiger partial charge in [-0.15, -0.1) is 0 Å². The molecule has 46 heavy (non-hydrogen) atoms. The number of hydrogen-bond acceptors (Lipinski definition) is 13. The molecule has 0 saturated heterocycles. The molecule has 16 heteroatoms. The van der Waals surface area contributed by atoms with Gasteiger partial charge in [0.1, 0.15) is 23.9 Å². The zero-order valence-electron chi connectivity index (χ0n) is 25.2. The summed E-state index contributed by atoms with van der Waals surface area (Å²) in [7, 11) is -7.00. The van der Waals surface area contributed by atoms with Crippen molar-refractivity contribution in [1.82, 2.24) is 4.90 Å². The van der Waals surface area contributed by atoms with E-state index in [1.54, 1.807) is 29.2 Å². The minimum absolute atomic E-state index is 0.0568. The van der Waals surface area contributed by atoms with Crippen LogP contribution in [-0.2, 0) is 51.9 Å². The molecule has 2 heterocycles. The predicted octanol–water partition coefficient (Wildman–Crippen LogP) is 2.34. The van der Waals surface area contributed by atoms with Crippen molar-refractivity contribution in [2.45, 2.75) is 32.0 Å². The van der Waals surface area contributed by atoms with Crippen molar-refractivity contribution >= 4 is 43.1 Å². The molecule has 1 aromatic carbocycles. The van der Waals surface area contributed by atoms with E-state index in [-0.39, 0.29) is 36.0 Å². The summed E-state index contributed by atoms with van der Waals surface area (Å²) in [5, 5.41) is 20.8. The number of allylic oxidation sites excluding steroid dienone is 2. The Labute approximate surface area is 266 Å². The van der Waals surface area contributed by atoms with Crippen LogP contribution in [0.5, 0.6) is 0 Å². The summed E-state index contributed by atoms with van der Waals surface area (Å²) < 4.78 is 62.8. The molecular formula is C30H34N2O12S2. The van der Waals surface area contributed by atoms with Gasteiger partial charge >= 0.3 is 17.8 Å². The van der Waals surface area contributed by atoms with Gasteiger partial charge < -0.3 is 23.9 Å². The van der Waals surface area contributed by atoms with Crippen molar-refractivity contribution in [3.05, 3.63) is 92.9 Å². The van der Waals surface area contributed by atoms with Crippen molar-refractivity contribution in [3.8, 4) is 0 Å². The molecule has 1 N–H and O–H groups in total. The quantitative estimate of drug-likeness (QED) is 0.174. The maximum Gasteiger partial charge on any atom is 0.433 e. The number of nitrogens with zero attached hydrogens (tertiary/aromatic N) is 2. The number of rotatable bonds is 14. The Balaban J connectivity index is 1.86. The fourth-order valence-corrected chi connectivity index (χ4v) is 5.42. The van der Waals surface area contributed by atoms with Gasteiger partial charge in [-0.25, -0.2) is 26.4 Å². The largest absolute Gasteiger partial charge is 0.461 e. The third-order valence-corrected chi connectivity index (χ3v) is 8.99. The van der Waals surface area contributed by atoms with E-state index in [1.807, 2.05) is 6.08 Å². The van der Waals surface area contributed by atoms with Crippen molar-refractivity contribution in [2.24, 2.45) is 5.92 Å². The highest BCUT2D eigenvalue weighted by Crippen LogP contribution is 2.40. The summed E-state index contributed by atoms with van der Waals surface area (Å²) in [5.41, 5.74) is 1.14. The second-order valence-electron chi connectivity index (χ2n) is 11.1. The lowest BCUT2D eigenvalue weighted by Gasteiger charge is -2.31. The van der Waals surface area contributed by atoms with Gasteiger partial charge in [-0.3, -0.25) is 10.1 Å². The first-order chi connectivity index (χ1) is 21.6.